The normalized spacial score (nSPS) is 16.7. The molecule has 0 aliphatic rings. The zero-order valence-electron chi connectivity index (χ0n) is 3.62. The van der Waals surface area contributed by atoms with Gasteiger partial charge in [0.2, 0.25) is 1.61 Å². The van der Waals surface area contributed by atoms with Gasteiger partial charge in [0, 0.05) is 0 Å². The van der Waals surface area contributed by atoms with Crippen molar-refractivity contribution in [3.05, 3.63) is 0 Å². The van der Waals surface area contributed by atoms with E-state index >= 15 is 0 Å². The van der Waals surface area contributed by atoms with Gasteiger partial charge in [0.05, 0.1) is 3.92 Å². The van der Waals surface area contributed by atoms with E-state index in [1.165, 1.54) is 0 Å². The van der Waals surface area contributed by atoms with Gasteiger partial charge in [-0.25, -0.2) is 5.11 Å². The molecule has 0 N–H and O–H groups in total. The second-order valence-corrected chi connectivity index (χ2v) is 8.32. The van der Waals surface area contributed by atoms with Crippen LogP contribution in [0, 0.1) is 0 Å². The predicted octanol–water partition coefficient (Wildman–Crippen LogP) is 2.76. The molecule has 1 radical (unpaired) electrons. The first-order chi connectivity index (χ1) is 2.94. The summed E-state index contributed by atoms with van der Waals surface area (Å²) in [5.74, 6) is 0. The molecular formula is C3H4I3O. The van der Waals surface area contributed by atoms with Gasteiger partial charge in [-0.1, -0.05) is 22.6 Å². The van der Waals surface area contributed by atoms with Crippen molar-refractivity contribution in [2.45, 2.75) is 12.5 Å². The molecule has 0 spiro atoms. The second-order valence-electron chi connectivity index (χ2n) is 1.18. The Hall–Kier alpha value is 2.15. The van der Waals surface area contributed by atoms with Gasteiger partial charge in [0.1, 0.15) is 0 Å². The molecule has 1 atom stereocenters. The van der Waals surface area contributed by atoms with Crippen molar-refractivity contribution >= 4 is 67.8 Å². The van der Waals surface area contributed by atoms with Crippen LogP contribution >= 0.6 is 67.8 Å². The topological polar surface area (TPSA) is 19.9 Å². The van der Waals surface area contributed by atoms with E-state index in [4.69, 9.17) is 0 Å². The molecule has 0 saturated carbocycles. The first kappa shape index (κ1) is 9.15. The van der Waals surface area contributed by atoms with Crippen molar-refractivity contribution in [3.63, 3.8) is 0 Å². The summed E-state index contributed by atoms with van der Waals surface area (Å²) in [5, 5.41) is 10.8. The maximum Gasteiger partial charge on any atom is 0.215 e. The van der Waals surface area contributed by atoms with E-state index in [0.29, 0.717) is 0 Å². The largest absolute Gasteiger partial charge is 0.215 e. The molecule has 0 amide bonds. The number of hydrogen-bond acceptors (Lipinski definition) is 0. The predicted molar refractivity (Wildman–Crippen MR) is 54.9 cm³/mol. The monoisotopic (exact) mass is 437 g/mol. The lowest BCUT2D eigenvalue weighted by molar-refractivity contribution is 0.169. The zero-order valence-corrected chi connectivity index (χ0v) is 10.1. The molecule has 0 fully saturated rings. The number of rotatable bonds is 1. The molecule has 0 bridgehead atoms. The van der Waals surface area contributed by atoms with Gasteiger partial charge < -0.3 is 0 Å². The summed E-state index contributed by atoms with van der Waals surface area (Å²) in [6.07, 6.45) is 0. The van der Waals surface area contributed by atoms with Gasteiger partial charge in [0.25, 0.3) is 0 Å². The van der Waals surface area contributed by atoms with Gasteiger partial charge in [0.15, 0.2) is 0 Å². The van der Waals surface area contributed by atoms with E-state index in [-0.39, 0.29) is 3.92 Å². The number of hydrogen-bond donors (Lipinski definition) is 0. The Labute approximate surface area is 84.0 Å². The van der Waals surface area contributed by atoms with Gasteiger partial charge >= 0.3 is 0 Å². The van der Waals surface area contributed by atoms with Crippen LogP contribution in [0.15, 0.2) is 0 Å². The fraction of sp³-hybridized carbons (Fsp3) is 1.00. The Bertz CT molecular complexity index is 55.7. The van der Waals surface area contributed by atoms with E-state index in [1.54, 1.807) is 0 Å². The van der Waals surface area contributed by atoms with E-state index in [1.807, 2.05) is 52.1 Å². The Morgan fingerprint density at radius 2 is 1.71 bits per heavy atom. The molecule has 0 aliphatic carbocycles. The molecule has 0 aliphatic heterocycles. The molecule has 0 aromatic heterocycles. The average Bonchev–Trinajstić information content (AvgIpc) is 1.31. The van der Waals surface area contributed by atoms with Gasteiger partial charge in [-0.15, -0.1) is 0 Å². The summed E-state index contributed by atoms with van der Waals surface area (Å²) >= 11 is 5.90. The van der Waals surface area contributed by atoms with E-state index in [9.17, 15) is 5.11 Å². The molecule has 0 heterocycles. The molecule has 0 saturated heterocycles. The lowest BCUT2D eigenvalue weighted by Gasteiger charge is -2.11. The van der Waals surface area contributed by atoms with Crippen LogP contribution in [0.25, 0.3) is 0 Å². The van der Waals surface area contributed by atoms with Gasteiger partial charge in [-0.05, 0) is 52.1 Å². The van der Waals surface area contributed by atoms with Crippen LogP contribution in [0.5, 0.6) is 0 Å². The van der Waals surface area contributed by atoms with Crippen LogP contribution in [-0.4, -0.2) is 5.54 Å². The number of halogens is 3. The lowest BCUT2D eigenvalue weighted by Crippen LogP contribution is -2.17. The molecule has 1 unspecified atom stereocenters. The highest BCUT2D eigenvalue weighted by Crippen LogP contribution is 2.33. The van der Waals surface area contributed by atoms with Crippen molar-refractivity contribution in [2.24, 2.45) is 0 Å². The fourth-order valence-electron chi connectivity index (χ4n) is 0. The van der Waals surface area contributed by atoms with Crippen LogP contribution in [0.1, 0.15) is 6.92 Å². The minimum Gasteiger partial charge on any atom is -0.205 e. The Balaban J connectivity index is 3.54. The van der Waals surface area contributed by atoms with Crippen molar-refractivity contribution in [1.29, 1.82) is 0 Å². The molecule has 0 rings (SSSR count). The Morgan fingerprint density at radius 3 is 1.71 bits per heavy atom. The van der Waals surface area contributed by atoms with Crippen molar-refractivity contribution < 1.29 is 5.11 Å². The maximum absolute atomic E-state index is 10.8. The van der Waals surface area contributed by atoms with Crippen LogP contribution in [0.3, 0.4) is 0 Å². The maximum atomic E-state index is 10.8. The Morgan fingerprint density at radius 1 is 1.57 bits per heavy atom. The lowest BCUT2D eigenvalue weighted by atomic mass is 10.5. The molecule has 43 valence electrons. The summed E-state index contributed by atoms with van der Waals surface area (Å²) in [6.45, 7) is 1.91. The average molecular weight is 437 g/mol. The zero-order chi connectivity index (χ0) is 6.08. The standard InChI is InChI=1S/C3H4I3O/c1-2(4)3(5,6)7/h2H,1H3. The summed E-state index contributed by atoms with van der Waals surface area (Å²) in [4.78, 5) is 0. The Kier molecular flexibility index (Phi) is 4.38. The molecule has 7 heavy (non-hydrogen) atoms. The molecule has 4 heteroatoms. The summed E-state index contributed by atoms with van der Waals surface area (Å²) < 4.78 is -0.637. The van der Waals surface area contributed by atoms with Crippen LogP contribution in [0.4, 0.5) is 0 Å². The third kappa shape index (κ3) is 4.64. The van der Waals surface area contributed by atoms with Crippen molar-refractivity contribution in [2.75, 3.05) is 0 Å². The third-order valence-corrected chi connectivity index (χ3v) is 5.59. The second kappa shape index (κ2) is 3.35. The van der Waals surface area contributed by atoms with Crippen molar-refractivity contribution in [1.82, 2.24) is 0 Å². The van der Waals surface area contributed by atoms with Crippen LogP contribution < -0.4 is 0 Å². The first-order valence-electron chi connectivity index (χ1n) is 1.67. The molecule has 0 aromatic carbocycles. The SMILES string of the molecule is CC(I)C([O])(I)I. The highest BCUT2D eigenvalue weighted by molar-refractivity contribution is 14.2. The van der Waals surface area contributed by atoms with E-state index < -0.39 is 1.61 Å². The van der Waals surface area contributed by atoms with E-state index in [2.05, 4.69) is 22.6 Å². The minimum atomic E-state index is -0.823. The first-order valence-corrected chi connectivity index (χ1v) is 5.07. The molecular weight excluding hydrogens is 433 g/mol. The van der Waals surface area contributed by atoms with E-state index in [0.717, 1.165) is 0 Å². The third-order valence-electron chi connectivity index (χ3n) is 0.463. The summed E-state index contributed by atoms with van der Waals surface area (Å²) in [5.41, 5.74) is 0. The summed E-state index contributed by atoms with van der Waals surface area (Å²) in [7, 11) is 0. The van der Waals surface area contributed by atoms with Crippen LogP contribution in [0.2, 0.25) is 0 Å². The quantitative estimate of drug-likeness (QED) is 0.445. The minimum absolute atomic E-state index is 0.186. The van der Waals surface area contributed by atoms with Crippen molar-refractivity contribution in [3.8, 4) is 0 Å². The molecule has 1 nitrogen and oxygen atoms in total. The number of alkyl halides is 3. The highest BCUT2D eigenvalue weighted by atomic mass is 127. The highest BCUT2D eigenvalue weighted by Gasteiger charge is 2.25. The smallest absolute Gasteiger partial charge is 0.205 e. The van der Waals surface area contributed by atoms with Gasteiger partial charge in [-0.2, -0.15) is 0 Å². The summed E-state index contributed by atoms with van der Waals surface area (Å²) in [6, 6.07) is 0. The van der Waals surface area contributed by atoms with Gasteiger partial charge in [-0.3, -0.25) is 0 Å². The van der Waals surface area contributed by atoms with Crippen LogP contribution in [-0.2, 0) is 5.11 Å². The molecule has 0 aromatic rings. The fourth-order valence-corrected chi connectivity index (χ4v) is 0.